The van der Waals surface area contributed by atoms with Crippen molar-refractivity contribution >= 4 is 34.7 Å². The third kappa shape index (κ3) is 2.50. The van der Waals surface area contributed by atoms with Crippen molar-refractivity contribution in [3.05, 3.63) is 73.5 Å². The van der Waals surface area contributed by atoms with Crippen LogP contribution in [0.15, 0.2) is 36.4 Å². The van der Waals surface area contributed by atoms with Gasteiger partial charge in [0.2, 0.25) is 5.78 Å². The van der Waals surface area contributed by atoms with Gasteiger partial charge in [-0.15, -0.1) is 0 Å². The molecule has 0 aromatic heterocycles. The molecule has 0 aliphatic rings. The fourth-order valence-electron chi connectivity index (χ4n) is 1.70. The Morgan fingerprint density at radius 3 is 2.35 bits per heavy atom. The van der Waals surface area contributed by atoms with Crippen molar-refractivity contribution in [2.75, 3.05) is 0 Å². The summed E-state index contributed by atoms with van der Waals surface area (Å²) in [6, 6.07) is 8.43. The summed E-state index contributed by atoms with van der Waals surface area (Å²) in [7, 11) is 0. The molecule has 2 rings (SSSR count). The molecule has 0 unspecified atom stereocenters. The maximum atomic E-state index is 13.9. The number of carbonyl (C=O) groups excluding carboxylic acids is 1. The molecule has 7 heteroatoms. The fourth-order valence-corrected chi connectivity index (χ4v) is 2.11. The van der Waals surface area contributed by atoms with E-state index in [0.29, 0.717) is 0 Å². The summed E-state index contributed by atoms with van der Waals surface area (Å²) in [5.74, 6) is -1.91. The number of rotatable bonds is 3. The molecule has 0 fully saturated rings. The normalized spacial score (nSPS) is 10.3. The minimum Gasteiger partial charge on any atom is -0.288 e. The molecule has 0 bridgehead atoms. The monoisotopic (exact) mass is 313 g/mol. The number of hydrogen-bond acceptors (Lipinski definition) is 3. The molecule has 0 heterocycles. The van der Waals surface area contributed by atoms with Crippen LogP contribution < -0.4 is 0 Å². The Balaban J connectivity index is 2.71. The highest BCUT2D eigenvalue weighted by atomic mass is 35.5. The number of nitrogens with zero attached hydrogens (tertiary/aromatic N) is 1. The molecule has 0 aliphatic carbocycles. The van der Waals surface area contributed by atoms with Crippen LogP contribution in [-0.4, -0.2) is 10.7 Å². The Morgan fingerprint density at radius 2 is 1.80 bits per heavy atom. The summed E-state index contributed by atoms with van der Waals surface area (Å²) >= 11 is 11.3. The van der Waals surface area contributed by atoms with E-state index in [1.165, 1.54) is 12.1 Å². The van der Waals surface area contributed by atoms with Crippen LogP contribution in [0.2, 0.25) is 10.0 Å². The van der Waals surface area contributed by atoms with Crippen LogP contribution in [0.4, 0.5) is 10.1 Å². The van der Waals surface area contributed by atoms with E-state index in [2.05, 4.69) is 0 Å². The summed E-state index contributed by atoms with van der Waals surface area (Å²) in [6.07, 6.45) is 0. The largest absolute Gasteiger partial charge is 0.303 e. The van der Waals surface area contributed by atoms with Gasteiger partial charge in [0.1, 0.15) is 16.4 Å². The number of halogens is 3. The van der Waals surface area contributed by atoms with E-state index in [0.717, 1.165) is 6.07 Å². The lowest BCUT2D eigenvalue weighted by Gasteiger charge is -2.06. The van der Waals surface area contributed by atoms with E-state index in [1.807, 2.05) is 0 Å². The molecule has 2 aromatic rings. The molecule has 4 nitrogen and oxygen atoms in total. The van der Waals surface area contributed by atoms with Gasteiger partial charge in [-0.25, -0.2) is 4.39 Å². The number of hydrogen-bond donors (Lipinski definition) is 0. The van der Waals surface area contributed by atoms with Crippen molar-refractivity contribution < 1.29 is 14.1 Å². The van der Waals surface area contributed by atoms with Crippen LogP contribution in [0.5, 0.6) is 0 Å². The standard InChI is InChI=1S/C13H6Cl2FNO3/c14-8-6-9(16)10(12(11(8)15)17(19)20)13(18)7-4-2-1-3-5-7/h1-6H. The van der Waals surface area contributed by atoms with Gasteiger partial charge >= 0.3 is 5.69 Å². The van der Waals surface area contributed by atoms with E-state index >= 15 is 0 Å². The highest BCUT2D eigenvalue weighted by Gasteiger charge is 2.30. The number of nitro benzene ring substituents is 1. The third-order valence-corrected chi connectivity index (χ3v) is 3.37. The van der Waals surface area contributed by atoms with Gasteiger partial charge < -0.3 is 0 Å². The maximum absolute atomic E-state index is 13.9. The summed E-state index contributed by atoms with van der Waals surface area (Å²) in [5.41, 5.74) is -1.41. The van der Waals surface area contributed by atoms with Crippen molar-refractivity contribution in [1.82, 2.24) is 0 Å². The highest BCUT2D eigenvalue weighted by Crippen LogP contribution is 2.37. The second kappa shape index (κ2) is 5.56. The summed E-state index contributed by atoms with van der Waals surface area (Å²) < 4.78 is 13.9. The number of carbonyl (C=O) groups is 1. The number of benzene rings is 2. The highest BCUT2D eigenvalue weighted by molar-refractivity contribution is 6.44. The van der Waals surface area contributed by atoms with Crippen LogP contribution in [0.25, 0.3) is 0 Å². The van der Waals surface area contributed by atoms with Gasteiger partial charge in [-0.05, 0) is 6.07 Å². The SMILES string of the molecule is O=C(c1ccccc1)c1c(F)cc(Cl)c(Cl)c1[N+](=O)[O-]. The quantitative estimate of drug-likeness (QED) is 0.368. The first kappa shape index (κ1) is 14.4. The molecule has 2 aromatic carbocycles. The zero-order valence-corrected chi connectivity index (χ0v) is 11.3. The summed E-state index contributed by atoms with van der Waals surface area (Å²) in [4.78, 5) is 22.3. The summed E-state index contributed by atoms with van der Waals surface area (Å²) in [5, 5.41) is 10.2. The van der Waals surface area contributed by atoms with Crippen molar-refractivity contribution in [2.24, 2.45) is 0 Å². The lowest BCUT2D eigenvalue weighted by Crippen LogP contribution is -2.09. The van der Waals surface area contributed by atoms with Gasteiger partial charge in [0.15, 0.2) is 0 Å². The predicted molar refractivity (Wildman–Crippen MR) is 72.9 cm³/mol. The molecule has 0 N–H and O–H groups in total. The van der Waals surface area contributed by atoms with Gasteiger partial charge in [0.05, 0.1) is 9.95 Å². The molecular formula is C13H6Cl2FNO3. The van der Waals surface area contributed by atoms with Crippen LogP contribution in [0.3, 0.4) is 0 Å². The molecule has 20 heavy (non-hydrogen) atoms. The Kier molecular flexibility index (Phi) is 4.01. The van der Waals surface area contributed by atoms with Gasteiger partial charge in [0, 0.05) is 5.56 Å². The lowest BCUT2D eigenvalue weighted by atomic mass is 10.0. The second-order valence-electron chi connectivity index (χ2n) is 3.83. The Labute approximate surface area is 122 Å². The Hall–Kier alpha value is -1.98. The average Bonchev–Trinajstić information content (AvgIpc) is 2.42. The van der Waals surface area contributed by atoms with Gasteiger partial charge in [-0.3, -0.25) is 14.9 Å². The van der Waals surface area contributed by atoms with E-state index in [1.54, 1.807) is 18.2 Å². The molecule has 0 aliphatic heterocycles. The lowest BCUT2D eigenvalue weighted by molar-refractivity contribution is -0.385. The van der Waals surface area contributed by atoms with Crippen molar-refractivity contribution in [3.8, 4) is 0 Å². The number of nitro groups is 1. The minimum absolute atomic E-state index is 0.118. The average molecular weight is 314 g/mol. The van der Waals surface area contributed by atoms with Crippen molar-refractivity contribution in [3.63, 3.8) is 0 Å². The summed E-state index contributed by atoms with van der Waals surface area (Å²) in [6.45, 7) is 0. The van der Waals surface area contributed by atoms with E-state index < -0.39 is 32.8 Å². The van der Waals surface area contributed by atoms with Gasteiger partial charge in [-0.2, -0.15) is 0 Å². The first-order valence-electron chi connectivity index (χ1n) is 5.35. The first-order valence-corrected chi connectivity index (χ1v) is 6.10. The molecule has 0 saturated carbocycles. The molecule has 0 spiro atoms. The topological polar surface area (TPSA) is 60.2 Å². The third-order valence-electron chi connectivity index (χ3n) is 2.59. The van der Waals surface area contributed by atoms with E-state index in [9.17, 15) is 19.3 Å². The van der Waals surface area contributed by atoms with Crippen molar-refractivity contribution in [1.29, 1.82) is 0 Å². The molecular weight excluding hydrogens is 308 g/mol. The molecule has 0 atom stereocenters. The maximum Gasteiger partial charge on any atom is 0.303 e. The Morgan fingerprint density at radius 1 is 1.20 bits per heavy atom. The van der Waals surface area contributed by atoms with Crippen LogP contribution in [0.1, 0.15) is 15.9 Å². The first-order chi connectivity index (χ1) is 9.43. The molecule has 102 valence electrons. The van der Waals surface area contributed by atoms with Crippen molar-refractivity contribution in [2.45, 2.75) is 0 Å². The van der Waals surface area contributed by atoms with Gasteiger partial charge in [-0.1, -0.05) is 53.5 Å². The van der Waals surface area contributed by atoms with Crippen LogP contribution >= 0.6 is 23.2 Å². The molecule has 0 radical (unpaired) electrons. The number of ketones is 1. The predicted octanol–water partition coefficient (Wildman–Crippen LogP) is 4.27. The van der Waals surface area contributed by atoms with Crippen LogP contribution in [0, 0.1) is 15.9 Å². The second-order valence-corrected chi connectivity index (χ2v) is 4.62. The fraction of sp³-hybridized carbons (Fsp3) is 0. The van der Waals surface area contributed by atoms with Gasteiger partial charge in [0.25, 0.3) is 0 Å². The van der Waals surface area contributed by atoms with E-state index in [-0.39, 0.29) is 10.6 Å². The van der Waals surface area contributed by atoms with E-state index in [4.69, 9.17) is 23.2 Å². The molecule has 0 amide bonds. The minimum atomic E-state index is -1.08. The van der Waals surface area contributed by atoms with Crippen LogP contribution in [-0.2, 0) is 0 Å². The smallest absolute Gasteiger partial charge is 0.288 e. The zero-order chi connectivity index (χ0) is 14.9. The zero-order valence-electron chi connectivity index (χ0n) is 9.77. The molecule has 0 saturated heterocycles. The Bertz CT molecular complexity index is 705.